The Morgan fingerprint density at radius 1 is 0.795 bits per heavy atom. The number of thioether (sulfide) groups is 1. The van der Waals surface area contributed by atoms with Gasteiger partial charge in [0, 0.05) is 79.9 Å². The zero-order valence-corrected chi connectivity index (χ0v) is 26.9. The molecule has 2 aliphatic rings. The molecule has 0 bridgehead atoms. The summed E-state index contributed by atoms with van der Waals surface area (Å²) < 4.78 is 0. The first-order chi connectivity index (χ1) is 21.5. The fraction of sp³-hybridized carbons (Fsp3) is 0.324. The van der Waals surface area contributed by atoms with Gasteiger partial charge < -0.3 is 15.1 Å². The molecule has 2 saturated heterocycles. The Morgan fingerprint density at radius 2 is 1.48 bits per heavy atom. The molecule has 4 aromatic rings. The zero-order valence-electron chi connectivity index (χ0n) is 24.5. The highest BCUT2D eigenvalue weighted by atomic mass is 35.5. The first-order valence-electron chi connectivity index (χ1n) is 15.1. The van der Waals surface area contributed by atoms with Crippen LogP contribution in [0.15, 0.2) is 90.1 Å². The molecule has 228 valence electrons. The molecule has 1 N–H and O–H groups in total. The molecule has 2 fully saturated rings. The molecule has 1 amide bonds. The average Bonchev–Trinajstić information content (AvgIpc) is 3.06. The van der Waals surface area contributed by atoms with E-state index in [4.69, 9.17) is 28.2 Å². The Balaban J connectivity index is 0.966. The number of benzene rings is 3. The van der Waals surface area contributed by atoms with E-state index in [-0.39, 0.29) is 11.9 Å². The van der Waals surface area contributed by atoms with E-state index in [2.05, 4.69) is 61.4 Å². The van der Waals surface area contributed by atoms with Gasteiger partial charge in [0.1, 0.15) is 11.0 Å². The zero-order chi connectivity index (χ0) is 30.3. The Labute approximate surface area is 273 Å². The first kappa shape index (κ1) is 30.7. The largest absolute Gasteiger partial charge is 0.368 e. The smallest absolute Gasteiger partial charge is 0.251 e. The molecule has 3 aromatic carbocycles. The van der Waals surface area contributed by atoms with Crippen LogP contribution in [0, 0.1) is 0 Å². The van der Waals surface area contributed by atoms with Crippen LogP contribution >= 0.6 is 35.0 Å². The quantitative estimate of drug-likeness (QED) is 0.122. The number of anilines is 2. The van der Waals surface area contributed by atoms with Gasteiger partial charge in [0.05, 0.1) is 0 Å². The van der Waals surface area contributed by atoms with Crippen molar-refractivity contribution in [1.29, 1.82) is 0 Å². The second-order valence-electron chi connectivity index (χ2n) is 11.3. The first-order valence-corrected chi connectivity index (χ1v) is 16.8. The van der Waals surface area contributed by atoms with E-state index in [1.54, 1.807) is 11.8 Å². The molecule has 7 nitrogen and oxygen atoms in total. The lowest BCUT2D eigenvalue weighted by Gasteiger charge is -2.36. The summed E-state index contributed by atoms with van der Waals surface area (Å²) in [4.78, 5) is 29.3. The number of likely N-dealkylation sites (tertiary alicyclic amines) is 1. The van der Waals surface area contributed by atoms with E-state index in [0.29, 0.717) is 21.6 Å². The van der Waals surface area contributed by atoms with Crippen molar-refractivity contribution in [2.24, 2.45) is 0 Å². The summed E-state index contributed by atoms with van der Waals surface area (Å²) in [5.74, 6) is 1.53. The fourth-order valence-electron chi connectivity index (χ4n) is 5.70. The van der Waals surface area contributed by atoms with Gasteiger partial charge >= 0.3 is 0 Å². The molecule has 0 unspecified atom stereocenters. The Kier molecular flexibility index (Phi) is 10.2. The summed E-state index contributed by atoms with van der Waals surface area (Å²) >= 11 is 14.0. The standard InChI is InChI=1S/C34H36Cl2N6OS/c35-28-10-12-30(13-11-28)41-18-20-42(21-19-41)32-22-31(36)38-34(39-32)44-24-26-6-8-27(9-7-26)33(43)37-29-14-16-40(17-15-29)23-25-4-2-1-3-5-25/h1-13,22,29H,14-21,23-24H2,(H,37,43). The second-order valence-corrected chi connectivity index (χ2v) is 13.0. The topological polar surface area (TPSA) is 64.6 Å². The number of carbonyl (C=O) groups excluding carboxylic acids is 1. The van der Waals surface area contributed by atoms with E-state index >= 15 is 0 Å². The van der Waals surface area contributed by atoms with Crippen molar-refractivity contribution in [2.75, 3.05) is 49.1 Å². The minimum absolute atomic E-state index is 0.00955. The number of nitrogens with one attached hydrogen (secondary N) is 1. The minimum atomic E-state index is -0.00955. The van der Waals surface area contributed by atoms with E-state index in [9.17, 15) is 4.79 Å². The lowest BCUT2D eigenvalue weighted by atomic mass is 10.0. The summed E-state index contributed by atoms with van der Waals surface area (Å²) in [5.41, 5.74) is 4.29. The summed E-state index contributed by atoms with van der Waals surface area (Å²) in [6.07, 6.45) is 1.93. The molecule has 0 spiro atoms. The summed E-state index contributed by atoms with van der Waals surface area (Å²) in [7, 11) is 0. The maximum absolute atomic E-state index is 12.9. The van der Waals surface area contributed by atoms with Crippen molar-refractivity contribution < 1.29 is 4.79 Å². The highest BCUT2D eigenvalue weighted by Crippen LogP contribution is 2.27. The van der Waals surface area contributed by atoms with Crippen LogP contribution in [0.1, 0.15) is 34.3 Å². The number of piperazine rings is 1. The molecular weight excluding hydrogens is 611 g/mol. The predicted molar refractivity (Wildman–Crippen MR) is 181 cm³/mol. The van der Waals surface area contributed by atoms with Crippen molar-refractivity contribution in [3.05, 3.63) is 112 Å². The van der Waals surface area contributed by atoms with Crippen molar-refractivity contribution in [2.45, 2.75) is 36.3 Å². The lowest BCUT2D eigenvalue weighted by Crippen LogP contribution is -2.46. The van der Waals surface area contributed by atoms with E-state index in [0.717, 1.165) is 75.1 Å². The maximum Gasteiger partial charge on any atom is 0.251 e. The minimum Gasteiger partial charge on any atom is -0.368 e. The third-order valence-corrected chi connectivity index (χ3v) is 9.58. The van der Waals surface area contributed by atoms with Crippen molar-refractivity contribution >= 4 is 52.4 Å². The van der Waals surface area contributed by atoms with Gasteiger partial charge in [-0.2, -0.15) is 0 Å². The summed E-state index contributed by atoms with van der Waals surface area (Å²) in [6.45, 7) is 6.40. The maximum atomic E-state index is 12.9. The van der Waals surface area contributed by atoms with Crippen LogP contribution in [-0.4, -0.2) is 66.1 Å². The van der Waals surface area contributed by atoms with Crippen LogP contribution in [0.2, 0.25) is 10.2 Å². The van der Waals surface area contributed by atoms with Crippen LogP contribution in [0.3, 0.4) is 0 Å². The molecule has 0 radical (unpaired) electrons. The lowest BCUT2D eigenvalue weighted by molar-refractivity contribution is 0.0909. The van der Waals surface area contributed by atoms with Gasteiger partial charge in [-0.3, -0.25) is 9.69 Å². The van der Waals surface area contributed by atoms with Gasteiger partial charge in [0.2, 0.25) is 0 Å². The number of carbonyl (C=O) groups is 1. The second kappa shape index (κ2) is 14.7. The molecule has 0 saturated carbocycles. The normalized spacial score (nSPS) is 16.2. The molecule has 6 rings (SSSR count). The van der Waals surface area contributed by atoms with Crippen molar-refractivity contribution in [3.63, 3.8) is 0 Å². The summed E-state index contributed by atoms with van der Waals surface area (Å²) in [5, 5.41) is 5.07. The Hall–Kier alpha value is -3.30. The number of nitrogens with zero attached hydrogens (tertiary/aromatic N) is 5. The Morgan fingerprint density at radius 3 is 2.18 bits per heavy atom. The summed E-state index contributed by atoms with van der Waals surface area (Å²) in [6, 6.07) is 28.4. The molecule has 10 heteroatoms. The molecular formula is C34H36Cl2N6OS. The van der Waals surface area contributed by atoms with Crippen LogP contribution in [-0.2, 0) is 12.3 Å². The van der Waals surface area contributed by atoms with Gasteiger partial charge in [-0.05, 0) is 60.4 Å². The number of piperidine rings is 1. The van der Waals surface area contributed by atoms with Gasteiger partial charge in [0.25, 0.3) is 5.91 Å². The monoisotopic (exact) mass is 646 g/mol. The van der Waals surface area contributed by atoms with E-state index in [1.807, 2.05) is 48.5 Å². The molecule has 0 atom stereocenters. The predicted octanol–water partition coefficient (Wildman–Crippen LogP) is 6.80. The van der Waals surface area contributed by atoms with Gasteiger partial charge in [-0.25, -0.2) is 9.97 Å². The van der Waals surface area contributed by atoms with Crippen molar-refractivity contribution in [3.8, 4) is 0 Å². The molecule has 1 aromatic heterocycles. The number of rotatable bonds is 9. The number of halogens is 2. The third kappa shape index (κ3) is 8.24. The third-order valence-electron chi connectivity index (χ3n) is 8.21. The number of hydrogen-bond donors (Lipinski definition) is 1. The molecule has 2 aliphatic heterocycles. The molecule has 0 aliphatic carbocycles. The van der Waals surface area contributed by atoms with E-state index < -0.39 is 0 Å². The highest BCUT2D eigenvalue weighted by Gasteiger charge is 2.22. The number of hydrogen-bond acceptors (Lipinski definition) is 7. The number of amides is 1. The fourth-order valence-corrected chi connectivity index (χ4v) is 6.87. The van der Waals surface area contributed by atoms with Gasteiger partial charge in [-0.1, -0.05) is 77.4 Å². The van der Waals surface area contributed by atoms with Gasteiger partial charge in [-0.15, -0.1) is 0 Å². The molecule has 44 heavy (non-hydrogen) atoms. The van der Waals surface area contributed by atoms with Crippen LogP contribution in [0.5, 0.6) is 0 Å². The number of aromatic nitrogens is 2. The SMILES string of the molecule is O=C(NC1CCN(Cc2ccccc2)CC1)c1ccc(CSc2nc(Cl)cc(N3CCN(c4ccc(Cl)cc4)CC3)n2)cc1. The van der Waals surface area contributed by atoms with Crippen LogP contribution in [0.25, 0.3) is 0 Å². The van der Waals surface area contributed by atoms with E-state index in [1.165, 1.54) is 11.3 Å². The average molecular weight is 648 g/mol. The van der Waals surface area contributed by atoms with Crippen LogP contribution < -0.4 is 15.1 Å². The molecule has 3 heterocycles. The van der Waals surface area contributed by atoms with Crippen molar-refractivity contribution in [1.82, 2.24) is 20.2 Å². The van der Waals surface area contributed by atoms with Gasteiger partial charge in [0.15, 0.2) is 5.16 Å². The van der Waals surface area contributed by atoms with Crippen LogP contribution in [0.4, 0.5) is 11.5 Å². The Bertz CT molecular complexity index is 1520. The highest BCUT2D eigenvalue weighted by molar-refractivity contribution is 7.98.